The number of carbonyl (C=O) groups excluding carboxylic acids is 2. The quantitative estimate of drug-likeness (QED) is 0.688. The van der Waals surface area contributed by atoms with E-state index in [4.69, 9.17) is 4.42 Å². The summed E-state index contributed by atoms with van der Waals surface area (Å²) in [5.74, 6) is 0.567. The van der Waals surface area contributed by atoms with Gasteiger partial charge < -0.3 is 9.73 Å². The van der Waals surface area contributed by atoms with Crippen LogP contribution in [0.3, 0.4) is 0 Å². The van der Waals surface area contributed by atoms with E-state index in [0.717, 1.165) is 69.5 Å². The number of likely N-dealkylation sites (tertiary alicyclic amines) is 1. The zero-order valence-electron chi connectivity index (χ0n) is 18.3. The maximum atomic E-state index is 13.9. The van der Waals surface area contributed by atoms with Crippen LogP contribution >= 0.6 is 0 Å². The van der Waals surface area contributed by atoms with E-state index in [-0.39, 0.29) is 29.7 Å². The zero-order chi connectivity index (χ0) is 22.1. The largest absolute Gasteiger partial charge is 0.468 e. The number of amides is 3. The average Bonchev–Trinajstić information content (AvgIpc) is 3.54. The van der Waals surface area contributed by atoms with Gasteiger partial charge in [0.2, 0.25) is 0 Å². The van der Waals surface area contributed by atoms with Crippen molar-refractivity contribution in [2.24, 2.45) is 5.92 Å². The predicted octanol–water partition coefficient (Wildman–Crippen LogP) is 4.11. The van der Waals surface area contributed by atoms with Crippen molar-refractivity contribution in [3.05, 3.63) is 59.8 Å². The fourth-order valence-corrected chi connectivity index (χ4v) is 5.78. The standard InChI is InChI=1S/C25H30FN3O3/c26-20-9-7-18(8-10-20)16-25(23(30)29(24(31)27-25)21-4-1-2-5-21)19-11-13-28(14-12-19)17-22-6-3-15-32-22/h3,6-10,15,19,21H,1-2,4-5,11-14,16-17H2,(H,27,31)/t25-/m1/s1. The molecule has 1 N–H and O–H groups in total. The number of imide groups is 1. The Morgan fingerprint density at radius 1 is 1.03 bits per heavy atom. The van der Waals surface area contributed by atoms with Crippen LogP contribution in [0.5, 0.6) is 0 Å². The Balaban J connectivity index is 1.38. The van der Waals surface area contributed by atoms with Crippen LogP contribution < -0.4 is 5.32 Å². The Labute approximate surface area is 187 Å². The molecule has 1 aromatic heterocycles. The number of furan rings is 1. The van der Waals surface area contributed by atoms with Gasteiger partial charge in [-0.05, 0) is 74.5 Å². The van der Waals surface area contributed by atoms with Crippen molar-refractivity contribution in [3.8, 4) is 0 Å². The van der Waals surface area contributed by atoms with E-state index in [0.29, 0.717) is 6.42 Å². The molecule has 3 aliphatic rings. The second kappa shape index (κ2) is 8.70. The topological polar surface area (TPSA) is 65.8 Å². The SMILES string of the molecule is O=C1N[C@](Cc2ccc(F)cc2)(C2CCN(Cc3ccco3)CC2)C(=O)N1C1CCCC1. The second-order valence-electron chi connectivity index (χ2n) is 9.45. The molecule has 1 aromatic carbocycles. The minimum Gasteiger partial charge on any atom is -0.468 e. The molecule has 2 aliphatic heterocycles. The van der Waals surface area contributed by atoms with Crippen molar-refractivity contribution in [2.45, 2.75) is 63.1 Å². The number of nitrogens with one attached hydrogen (secondary N) is 1. The summed E-state index contributed by atoms with van der Waals surface area (Å²) in [4.78, 5) is 30.8. The highest BCUT2D eigenvalue weighted by Gasteiger charge is 2.57. The van der Waals surface area contributed by atoms with Crippen molar-refractivity contribution >= 4 is 11.9 Å². The first-order valence-corrected chi connectivity index (χ1v) is 11.7. The van der Waals surface area contributed by atoms with Crippen molar-refractivity contribution < 1.29 is 18.4 Å². The first-order valence-electron chi connectivity index (χ1n) is 11.7. The minimum absolute atomic E-state index is 0.00312. The van der Waals surface area contributed by atoms with Gasteiger partial charge in [0.05, 0.1) is 12.8 Å². The Hall–Kier alpha value is -2.67. The lowest BCUT2D eigenvalue weighted by atomic mass is 9.73. The van der Waals surface area contributed by atoms with Crippen LogP contribution in [0.15, 0.2) is 47.1 Å². The normalized spacial score (nSPS) is 25.6. The molecule has 1 saturated carbocycles. The van der Waals surface area contributed by atoms with Crippen LogP contribution in [0.25, 0.3) is 0 Å². The van der Waals surface area contributed by atoms with E-state index in [1.807, 2.05) is 12.1 Å². The summed E-state index contributed by atoms with van der Waals surface area (Å²) in [7, 11) is 0. The van der Waals surface area contributed by atoms with Gasteiger partial charge >= 0.3 is 6.03 Å². The molecule has 1 aliphatic carbocycles. The van der Waals surface area contributed by atoms with Gasteiger partial charge in [-0.15, -0.1) is 0 Å². The summed E-state index contributed by atoms with van der Waals surface area (Å²) in [5, 5.41) is 3.14. The monoisotopic (exact) mass is 439 g/mol. The first kappa shape index (κ1) is 21.2. The molecular weight excluding hydrogens is 409 g/mol. The number of hydrogen-bond acceptors (Lipinski definition) is 4. The molecule has 1 atom stereocenters. The van der Waals surface area contributed by atoms with E-state index in [1.54, 1.807) is 18.4 Å². The molecule has 3 heterocycles. The molecule has 2 saturated heterocycles. The summed E-state index contributed by atoms with van der Waals surface area (Å²) in [6.45, 7) is 2.42. The lowest BCUT2D eigenvalue weighted by Gasteiger charge is -2.41. The van der Waals surface area contributed by atoms with Gasteiger partial charge in [0.25, 0.3) is 5.91 Å². The molecule has 170 valence electrons. The number of rotatable bonds is 6. The molecule has 6 nitrogen and oxygen atoms in total. The summed E-state index contributed by atoms with van der Waals surface area (Å²) in [6, 6.07) is 9.89. The fraction of sp³-hybridized carbons (Fsp3) is 0.520. The molecule has 0 spiro atoms. The zero-order valence-corrected chi connectivity index (χ0v) is 18.3. The first-order chi connectivity index (χ1) is 15.5. The highest BCUT2D eigenvalue weighted by molar-refractivity contribution is 6.07. The van der Waals surface area contributed by atoms with Crippen molar-refractivity contribution in [1.82, 2.24) is 15.1 Å². The van der Waals surface area contributed by atoms with E-state index in [1.165, 1.54) is 17.0 Å². The van der Waals surface area contributed by atoms with Gasteiger partial charge in [-0.3, -0.25) is 14.6 Å². The van der Waals surface area contributed by atoms with Crippen molar-refractivity contribution in [3.63, 3.8) is 0 Å². The molecule has 3 fully saturated rings. The molecular formula is C25H30FN3O3. The van der Waals surface area contributed by atoms with Crippen LogP contribution in [0.1, 0.15) is 49.8 Å². The Bertz CT molecular complexity index is 947. The Kier molecular flexibility index (Phi) is 5.76. The molecule has 0 unspecified atom stereocenters. The third-order valence-electron chi connectivity index (χ3n) is 7.48. The third kappa shape index (κ3) is 3.94. The van der Waals surface area contributed by atoms with E-state index in [2.05, 4.69) is 10.2 Å². The van der Waals surface area contributed by atoms with Gasteiger partial charge in [0.15, 0.2) is 0 Å². The smallest absolute Gasteiger partial charge is 0.325 e. The maximum absolute atomic E-state index is 13.9. The van der Waals surface area contributed by atoms with E-state index < -0.39 is 5.54 Å². The van der Waals surface area contributed by atoms with Gasteiger partial charge in [0.1, 0.15) is 17.1 Å². The molecule has 0 radical (unpaired) electrons. The van der Waals surface area contributed by atoms with Crippen molar-refractivity contribution in [2.75, 3.05) is 13.1 Å². The maximum Gasteiger partial charge on any atom is 0.325 e. The highest BCUT2D eigenvalue weighted by atomic mass is 19.1. The summed E-state index contributed by atoms with van der Waals surface area (Å²) in [6.07, 6.45) is 7.57. The third-order valence-corrected chi connectivity index (χ3v) is 7.48. The van der Waals surface area contributed by atoms with Crippen LogP contribution in [-0.4, -0.2) is 46.4 Å². The fourth-order valence-electron chi connectivity index (χ4n) is 5.78. The lowest BCUT2D eigenvalue weighted by molar-refractivity contribution is -0.135. The second-order valence-corrected chi connectivity index (χ2v) is 9.45. The molecule has 7 heteroatoms. The number of piperidine rings is 1. The minimum atomic E-state index is -0.964. The number of halogens is 1. The Morgan fingerprint density at radius 3 is 2.41 bits per heavy atom. The van der Waals surface area contributed by atoms with Crippen LogP contribution in [0, 0.1) is 11.7 Å². The molecule has 0 bridgehead atoms. The van der Waals surface area contributed by atoms with Crippen LogP contribution in [0.2, 0.25) is 0 Å². The van der Waals surface area contributed by atoms with Gasteiger partial charge in [-0.2, -0.15) is 0 Å². The number of nitrogens with zero attached hydrogens (tertiary/aromatic N) is 2. The number of hydrogen-bond donors (Lipinski definition) is 1. The van der Waals surface area contributed by atoms with Gasteiger partial charge in [-0.1, -0.05) is 25.0 Å². The van der Waals surface area contributed by atoms with Gasteiger partial charge in [-0.25, -0.2) is 9.18 Å². The molecule has 3 amide bonds. The molecule has 5 rings (SSSR count). The summed E-state index contributed by atoms with van der Waals surface area (Å²) in [5.41, 5.74) is -0.0970. The van der Waals surface area contributed by atoms with Gasteiger partial charge in [0, 0.05) is 12.5 Å². The average molecular weight is 440 g/mol. The summed E-state index contributed by atoms with van der Waals surface area (Å²) < 4.78 is 19.0. The lowest BCUT2D eigenvalue weighted by Crippen LogP contribution is -2.57. The number of urea groups is 1. The highest BCUT2D eigenvalue weighted by Crippen LogP contribution is 2.39. The Morgan fingerprint density at radius 2 is 1.75 bits per heavy atom. The van der Waals surface area contributed by atoms with E-state index >= 15 is 0 Å². The number of benzene rings is 1. The van der Waals surface area contributed by atoms with E-state index in [9.17, 15) is 14.0 Å². The predicted molar refractivity (Wildman–Crippen MR) is 117 cm³/mol. The molecule has 32 heavy (non-hydrogen) atoms. The van der Waals surface area contributed by atoms with Crippen molar-refractivity contribution in [1.29, 1.82) is 0 Å². The van der Waals surface area contributed by atoms with Crippen LogP contribution in [0.4, 0.5) is 9.18 Å². The van der Waals surface area contributed by atoms with Crippen LogP contribution in [-0.2, 0) is 17.8 Å². The summed E-state index contributed by atoms with van der Waals surface area (Å²) >= 11 is 0. The molecule has 2 aromatic rings. The number of carbonyl (C=O) groups is 2.